The van der Waals surface area contributed by atoms with Gasteiger partial charge in [-0.2, -0.15) is 5.10 Å². The molecule has 31 heavy (non-hydrogen) atoms. The molecule has 2 heterocycles. The van der Waals surface area contributed by atoms with E-state index >= 15 is 0 Å². The number of carbonyl (C=O) groups excluding carboxylic acids is 1. The highest BCUT2D eigenvalue weighted by atomic mass is 16.5. The second-order valence-electron chi connectivity index (χ2n) is 6.68. The van der Waals surface area contributed by atoms with Crippen molar-refractivity contribution in [3.8, 4) is 22.9 Å². The van der Waals surface area contributed by atoms with Gasteiger partial charge in [-0.15, -0.1) is 0 Å². The Morgan fingerprint density at radius 1 is 1.06 bits per heavy atom. The summed E-state index contributed by atoms with van der Waals surface area (Å²) in [6, 6.07) is 12.5. The van der Waals surface area contributed by atoms with E-state index in [1.165, 1.54) is 25.0 Å². The van der Waals surface area contributed by atoms with Crippen LogP contribution < -0.4 is 19.8 Å². The van der Waals surface area contributed by atoms with Gasteiger partial charge in [0, 0.05) is 12.6 Å². The third kappa shape index (κ3) is 3.61. The van der Waals surface area contributed by atoms with Gasteiger partial charge in [0.25, 0.3) is 5.56 Å². The molecule has 0 amide bonds. The molecular formula is C22H20N4O5. The van der Waals surface area contributed by atoms with Gasteiger partial charge in [-0.1, -0.05) is 18.2 Å². The van der Waals surface area contributed by atoms with Crippen LogP contribution in [0.1, 0.15) is 16.2 Å². The minimum atomic E-state index is -0.235. The van der Waals surface area contributed by atoms with E-state index in [1.54, 1.807) is 23.9 Å². The number of aldehydes is 1. The summed E-state index contributed by atoms with van der Waals surface area (Å²) < 4.78 is 19.6. The van der Waals surface area contributed by atoms with Crippen molar-refractivity contribution in [3.63, 3.8) is 0 Å². The van der Waals surface area contributed by atoms with Crippen LogP contribution in [0.5, 0.6) is 17.2 Å². The summed E-state index contributed by atoms with van der Waals surface area (Å²) in [5.41, 5.74) is 1.38. The minimum Gasteiger partial charge on any atom is -0.493 e. The summed E-state index contributed by atoms with van der Waals surface area (Å²) in [4.78, 5) is 28.6. The molecule has 9 heteroatoms. The summed E-state index contributed by atoms with van der Waals surface area (Å²) in [5, 5.41) is 4.73. The van der Waals surface area contributed by atoms with Crippen molar-refractivity contribution in [3.05, 3.63) is 70.4 Å². The van der Waals surface area contributed by atoms with Crippen LogP contribution in [0.25, 0.3) is 16.7 Å². The zero-order valence-corrected chi connectivity index (χ0v) is 17.2. The third-order valence-corrected chi connectivity index (χ3v) is 4.87. The zero-order chi connectivity index (χ0) is 22.0. The first-order chi connectivity index (χ1) is 15.1. The predicted octanol–water partition coefficient (Wildman–Crippen LogP) is 2.53. The number of carbonyl (C=O) groups is 1. The summed E-state index contributed by atoms with van der Waals surface area (Å²) in [7, 11) is 4.56. The van der Waals surface area contributed by atoms with Crippen LogP contribution in [-0.2, 0) is 13.7 Å². The van der Waals surface area contributed by atoms with Gasteiger partial charge in [0.2, 0.25) is 5.75 Å². The molecule has 2 aromatic heterocycles. The van der Waals surface area contributed by atoms with Gasteiger partial charge >= 0.3 is 0 Å². The quantitative estimate of drug-likeness (QED) is 0.424. The average molecular weight is 420 g/mol. The van der Waals surface area contributed by atoms with Crippen LogP contribution in [-0.4, -0.2) is 39.8 Å². The van der Waals surface area contributed by atoms with Crippen LogP contribution >= 0.6 is 0 Å². The number of para-hydroxylation sites is 1. The minimum absolute atomic E-state index is 0.0329. The van der Waals surface area contributed by atoms with Gasteiger partial charge < -0.3 is 14.2 Å². The molecule has 0 unspecified atom stereocenters. The Morgan fingerprint density at radius 3 is 2.35 bits per heavy atom. The molecule has 4 aromatic rings. The second-order valence-corrected chi connectivity index (χ2v) is 6.68. The maximum atomic E-state index is 12.9. The fourth-order valence-corrected chi connectivity index (χ4v) is 3.23. The first-order valence-corrected chi connectivity index (χ1v) is 9.40. The Balaban J connectivity index is 1.75. The van der Waals surface area contributed by atoms with Gasteiger partial charge in [-0.25, -0.2) is 9.67 Å². The molecule has 9 nitrogen and oxygen atoms in total. The van der Waals surface area contributed by atoms with Crippen molar-refractivity contribution in [1.29, 1.82) is 0 Å². The van der Waals surface area contributed by atoms with Gasteiger partial charge in [0.15, 0.2) is 23.0 Å². The van der Waals surface area contributed by atoms with Crippen molar-refractivity contribution < 1.29 is 19.0 Å². The average Bonchev–Trinajstić information content (AvgIpc) is 3.24. The van der Waals surface area contributed by atoms with Gasteiger partial charge in [0.05, 0.1) is 26.1 Å². The first kappa shape index (κ1) is 20.1. The van der Waals surface area contributed by atoms with Crippen molar-refractivity contribution in [2.24, 2.45) is 7.05 Å². The van der Waals surface area contributed by atoms with E-state index in [-0.39, 0.29) is 12.2 Å². The molecule has 0 aliphatic heterocycles. The standard InChI is InChI=1S/C22H20N4O5/c1-25-19(13-31-20-17(29-2)9-14(12-27)10-18(20)30-3)24-21-16(22(25)28)11-23-26(21)15-7-5-4-6-8-15/h4-12H,13H2,1-3H3. The van der Waals surface area contributed by atoms with Crippen molar-refractivity contribution >= 4 is 17.3 Å². The first-order valence-electron chi connectivity index (χ1n) is 9.40. The molecule has 4 rings (SSSR count). The number of nitrogens with zero attached hydrogens (tertiary/aromatic N) is 4. The number of ether oxygens (including phenoxy) is 3. The Morgan fingerprint density at radius 2 is 1.74 bits per heavy atom. The van der Waals surface area contributed by atoms with Crippen molar-refractivity contribution in [2.45, 2.75) is 6.61 Å². The maximum absolute atomic E-state index is 12.9. The number of hydrogen-bond acceptors (Lipinski definition) is 7. The molecule has 0 saturated heterocycles. The van der Waals surface area contributed by atoms with Crippen LogP contribution in [0.3, 0.4) is 0 Å². The zero-order valence-electron chi connectivity index (χ0n) is 17.2. The fourth-order valence-electron chi connectivity index (χ4n) is 3.23. The van der Waals surface area contributed by atoms with Crippen molar-refractivity contribution in [2.75, 3.05) is 14.2 Å². The van der Waals surface area contributed by atoms with E-state index in [1.807, 2.05) is 30.3 Å². The topological polar surface area (TPSA) is 97.5 Å². The molecule has 0 aliphatic carbocycles. The van der Waals surface area contributed by atoms with Crippen LogP contribution in [0.4, 0.5) is 0 Å². The number of fused-ring (bicyclic) bond motifs is 1. The van der Waals surface area contributed by atoms with E-state index in [0.717, 1.165) is 5.69 Å². The lowest BCUT2D eigenvalue weighted by Gasteiger charge is -2.16. The Bertz CT molecular complexity index is 1290. The highest BCUT2D eigenvalue weighted by molar-refractivity contribution is 5.78. The van der Waals surface area contributed by atoms with E-state index in [2.05, 4.69) is 10.1 Å². The number of hydrogen-bond donors (Lipinski definition) is 0. The Hall–Kier alpha value is -4.14. The smallest absolute Gasteiger partial charge is 0.264 e. The largest absolute Gasteiger partial charge is 0.493 e. The highest BCUT2D eigenvalue weighted by Gasteiger charge is 2.18. The molecular weight excluding hydrogens is 400 g/mol. The molecule has 0 saturated carbocycles. The molecule has 0 spiro atoms. The lowest BCUT2D eigenvalue weighted by atomic mass is 10.2. The number of methoxy groups -OCH3 is 2. The van der Waals surface area contributed by atoms with Crippen molar-refractivity contribution in [1.82, 2.24) is 19.3 Å². The highest BCUT2D eigenvalue weighted by Crippen LogP contribution is 2.38. The van der Waals surface area contributed by atoms with E-state index < -0.39 is 0 Å². The molecule has 0 bridgehead atoms. The lowest BCUT2D eigenvalue weighted by Crippen LogP contribution is -2.23. The van der Waals surface area contributed by atoms with Gasteiger partial charge in [0.1, 0.15) is 18.3 Å². The maximum Gasteiger partial charge on any atom is 0.264 e. The van der Waals surface area contributed by atoms with E-state index in [0.29, 0.717) is 46.0 Å². The Kier molecular flexibility index (Phi) is 5.40. The summed E-state index contributed by atoms with van der Waals surface area (Å²) in [6.45, 7) is -0.0329. The van der Waals surface area contributed by atoms with Gasteiger partial charge in [-0.05, 0) is 24.3 Å². The lowest BCUT2D eigenvalue weighted by molar-refractivity contribution is 0.112. The molecule has 0 atom stereocenters. The summed E-state index contributed by atoms with van der Waals surface area (Å²) >= 11 is 0. The summed E-state index contributed by atoms with van der Waals surface area (Å²) in [6.07, 6.45) is 2.20. The second kappa shape index (κ2) is 8.31. The molecule has 0 aliphatic rings. The van der Waals surface area contributed by atoms with Gasteiger partial charge in [-0.3, -0.25) is 14.2 Å². The monoisotopic (exact) mass is 420 g/mol. The number of rotatable bonds is 7. The molecule has 0 fully saturated rings. The summed E-state index contributed by atoms with van der Waals surface area (Å²) in [5.74, 6) is 1.36. The number of aromatic nitrogens is 4. The third-order valence-electron chi connectivity index (χ3n) is 4.87. The fraction of sp³-hybridized carbons (Fsp3) is 0.182. The molecule has 0 N–H and O–H groups in total. The van der Waals surface area contributed by atoms with Crippen LogP contribution in [0.2, 0.25) is 0 Å². The van der Waals surface area contributed by atoms with Crippen LogP contribution in [0, 0.1) is 0 Å². The molecule has 2 aromatic carbocycles. The predicted molar refractivity (Wildman–Crippen MR) is 113 cm³/mol. The van der Waals surface area contributed by atoms with E-state index in [9.17, 15) is 9.59 Å². The van der Waals surface area contributed by atoms with Crippen LogP contribution in [0.15, 0.2) is 53.5 Å². The normalized spacial score (nSPS) is 10.8. The van der Waals surface area contributed by atoms with E-state index in [4.69, 9.17) is 14.2 Å². The molecule has 0 radical (unpaired) electrons. The SMILES string of the molecule is COc1cc(C=O)cc(OC)c1OCc1nc2c(cnn2-c2ccccc2)c(=O)n1C. The Labute approximate surface area is 177 Å². The number of benzene rings is 2. The molecule has 158 valence electrons.